The highest BCUT2D eigenvalue weighted by molar-refractivity contribution is 5.28. The zero-order valence-electron chi connectivity index (χ0n) is 14.7. The lowest BCUT2D eigenvalue weighted by Crippen LogP contribution is -2.25. The van der Waals surface area contributed by atoms with Crippen LogP contribution in [0.5, 0.6) is 5.75 Å². The molecule has 3 nitrogen and oxygen atoms in total. The minimum Gasteiger partial charge on any atom is -0.497 e. The lowest BCUT2D eigenvalue weighted by molar-refractivity contribution is 0.266. The van der Waals surface area contributed by atoms with Crippen LogP contribution in [0, 0.1) is 0 Å². The molecule has 0 unspecified atom stereocenters. The van der Waals surface area contributed by atoms with Crippen molar-refractivity contribution in [2.45, 2.75) is 39.5 Å². The summed E-state index contributed by atoms with van der Waals surface area (Å²) < 4.78 is 5.26. The van der Waals surface area contributed by atoms with Crippen molar-refractivity contribution >= 4 is 0 Å². The van der Waals surface area contributed by atoms with Gasteiger partial charge in [0.2, 0.25) is 0 Å². The van der Waals surface area contributed by atoms with Crippen molar-refractivity contribution in [3.05, 3.63) is 65.2 Å². The molecule has 0 bridgehead atoms. The first kappa shape index (κ1) is 17.5. The summed E-state index contributed by atoms with van der Waals surface area (Å²) in [5.41, 5.74) is 3.92. The Kier molecular flexibility index (Phi) is 6.63. The maximum absolute atomic E-state index is 5.26. The van der Waals surface area contributed by atoms with Crippen molar-refractivity contribution in [1.29, 1.82) is 0 Å². The van der Waals surface area contributed by atoms with Gasteiger partial charge in [-0.3, -0.25) is 4.90 Å². The van der Waals surface area contributed by atoms with Crippen molar-refractivity contribution in [2.75, 3.05) is 14.2 Å². The second-order valence-electron chi connectivity index (χ2n) is 6.28. The van der Waals surface area contributed by atoms with E-state index in [4.69, 9.17) is 4.74 Å². The lowest BCUT2D eigenvalue weighted by atomic mass is 10.1. The van der Waals surface area contributed by atoms with Crippen molar-refractivity contribution in [3.8, 4) is 5.75 Å². The average Bonchev–Trinajstić information content (AvgIpc) is 2.55. The largest absolute Gasteiger partial charge is 0.497 e. The van der Waals surface area contributed by atoms with E-state index < -0.39 is 0 Å². The molecule has 0 aliphatic heterocycles. The maximum Gasteiger partial charge on any atom is 0.119 e. The Morgan fingerprint density at radius 2 is 1.57 bits per heavy atom. The fourth-order valence-corrected chi connectivity index (χ4v) is 2.44. The molecule has 0 saturated heterocycles. The number of methoxy groups -OCH3 is 1. The van der Waals surface area contributed by atoms with E-state index in [0.717, 1.165) is 25.4 Å². The summed E-state index contributed by atoms with van der Waals surface area (Å²) in [4.78, 5) is 2.35. The van der Waals surface area contributed by atoms with Crippen LogP contribution in [0.3, 0.4) is 0 Å². The normalized spacial score (nSPS) is 11.2. The van der Waals surface area contributed by atoms with Crippen molar-refractivity contribution in [3.63, 3.8) is 0 Å². The third-order valence-electron chi connectivity index (χ3n) is 4.10. The third kappa shape index (κ3) is 5.70. The van der Waals surface area contributed by atoms with Crippen LogP contribution in [-0.4, -0.2) is 25.1 Å². The van der Waals surface area contributed by atoms with Crippen LogP contribution in [0.15, 0.2) is 48.5 Å². The highest BCUT2D eigenvalue weighted by Crippen LogP contribution is 2.13. The molecular weight excluding hydrogens is 284 g/mol. The SMILES string of the molecule is COc1cccc(CNCc2cccc(CN(C)C(C)C)c2)c1. The number of nitrogens with one attached hydrogen (secondary N) is 1. The number of benzene rings is 2. The molecule has 2 aromatic rings. The Morgan fingerprint density at radius 3 is 2.22 bits per heavy atom. The Hall–Kier alpha value is -1.84. The Morgan fingerprint density at radius 1 is 0.957 bits per heavy atom. The number of hydrogen-bond acceptors (Lipinski definition) is 3. The van der Waals surface area contributed by atoms with Gasteiger partial charge in [-0.25, -0.2) is 0 Å². The summed E-state index contributed by atoms with van der Waals surface area (Å²) in [5, 5.41) is 3.50. The molecule has 0 radical (unpaired) electrons. The number of rotatable bonds is 8. The van der Waals surface area contributed by atoms with Crippen LogP contribution in [0.1, 0.15) is 30.5 Å². The summed E-state index contributed by atoms with van der Waals surface area (Å²) in [6.45, 7) is 7.14. The van der Waals surface area contributed by atoms with Gasteiger partial charge in [0.25, 0.3) is 0 Å². The van der Waals surface area contributed by atoms with E-state index >= 15 is 0 Å². The van der Waals surface area contributed by atoms with Gasteiger partial charge < -0.3 is 10.1 Å². The first-order valence-corrected chi connectivity index (χ1v) is 8.20. The van der Waals surface area contributed by atoms with E-state index in [-0.39, 0.29) is 0 Å². The van der Waals surface area contributed by atoms with Gasteiger partial charge in [0.1, 0.15) is 5.75 Å². The van der Waals surface area contributed by atoms with Gasteiger partial charge in [0.15, 0.2) is 0 Å². The average molecular weight is 312 g/mol. The van der Waals surface area contributed by atoms with Gasteiger partial charge in [0, 0.05) is 25.7 Å². The topological polar surface area (TPSA) is 24.5 Å². The van der Waals surface area contributed by atoms with Gasteiger partial charge in [-0.2, -0.15) is 0 Å². The fourth-order valence-electron chi connectivity index (χ4n) is 2.44. The van der Waals surface area contributed by atoms with Gasteiger partial charge in [-0.1, -0.05) is 36.4 Å². The van der Waals surface area contributed by atoms with Crippen LogP contribution in [0.25, 0.3) is 0 Å². The number of ether oxygens (including phenoxy) is 1. The van der Waals surface area contributed by atoms with Gasteiger partial charge in [0.05, 0.1) is 7.11 Å². The van der Waals surface area contributed by atoms with Crippen LogP contribution in [0.4, 0.5) is 0 Å². The van der Waals surface area contributed by atoms with E-state index in [0.29, 0.717) is 6.04 Å². The molecule has 0 amide bonds. The molecule has 0 atom stereocenters. The van der Waals surface area contributed by atoms with Crippen molar-refractivity contribution in [1.82, 2.24) is 10.2 Å². The minimum absolute atomic E-state index is 0.560. The molecule has 1 N–H and O–H groups in total. The van der Waals surface area contributed by atoms with E-state index in [2.05, 4.69) is 67.5 Å². The molecule has 3 heteroatoms. The molecule has 0 aliphatic carbocycles. The summed E-state index contributed by atoms with van der Waals surface area (Å²) in [7, 11) is 3.87. The molecule has 0 spiro atoms. The second-order valence-corrected chi connectivity index (χ2v) is 6.28. The van der Waals surface area contributed by atoms with Gasteiger partial charge >= 0.3 is 0 Å². The van der Waals surface area contributed by atoms with E-state index in [1.807, 2.05) is 12.1 Å². The number of nitrogens with zero attached hydrogens (tertiary/aromatic N) is 1. The second kappa shape index (κ2) is 8.70. The summed E-state index contributed by atoms with van der Waals surface area (Å²) in [5.74, 6) is 0.906. The zero-order chi connectivity index (χ0) is 16.7. The van der Waals surface area contributed by atoms with E-state index in [1.165, 1.54) is 16.7 Å². The Balaban J connectivity index is 1.88. The third-order valence-corrected chi connectivity index (χ3v) is 4.10. The van der Waals surface area contributed by atoms with Crippen LogP contribution < -0.4 is 10.1 Å². The molecule has 0 fully saturated rings. The fraction of sp³-hybridized carbons (Fsp3) is 0.400. The van der Waals surface area contributed by atoms with Gasteiger partial charge in [-0.05, 0) is 49.7 Å². The summed E-state index contributed by atoms with van der Waals surface area (Å²) >= 11 is 0. The van der Waals surface area contributed by atoms with Crippen molar-refractivity contribution < 1.29 is 4.74 Å². The van der Waals surface area contributed by atoms with E-state index in [1.54, 1.807) is 7.11 Å². The first-order valence-electron chi connectivity index (χ1n) is 8.20. The van der Waals surface area contributed by atoms with Crippen LogP contribution in [0.2, 0.25) is 0 Å². The Bertz CT molecular complexity index is 610. The molecular formula is C20H28N2O. The van der Waals surface area contributed by atoms with Crippen LogP contribution in [-0.2, 0) is 19.6 Å². The molecule has 2 rings (SSSR count). The standard InChI is InChI=1S/C20H28N2O/c1-16(2)22(3)15-19-9-5-7-17(11-19)13-21-14-18-8-6-10-20(12-18)23-4/h5-12,16,21H,13-15H2,1-4H3. The molecule has 124 valence electrons. The lowest BCUT2D eigenvalue weighted by Gasteiger charge is -2.21. The predicted octanol–water partition coefficient (Wildman–Crippen LogP) is 3.83. The van der Waals surface area contributed by atoms with Crippen molar-refractivity contribution in [2.24, 2.45) is 0 Å². The molecule has 2 aromatic carbocycles. The Labute approximate surface area is 140 Å². The molecule has 23 heavy (non-hydrogen) atoms. The van der Waals surface area contributed by atoms with Crippen LogP contribution >= 0.6 is 0 Å². The molecule has 0 saturated carbocycles. The maximum atomic E-state index is 5.26. The highest BCUT2D eigenvalue weighted by atomic mass is 16.5. The zero-order valence-corrected chi connectivity index (χ0v) is 14.7. The summed E-state index contributed by atoms with van der Waals surface area (Å²) in [6, 6.07) is 17.6. The first-order chi connectivity index (χ1) is 11.1. The van der Waals surface area contributed by atoms with Gasteiger partial charge in [-0.15, -0.1) is 0 Å². The minimum atomic E-state index is 0.560. The predicted molar refractivity (Wildman–Crippen MR) is 96.6 cm³/mol. The quantitative estimate of drug-likeness (QED) is 0.802. The molecule has 0 aliphatic rings. The van der Waals surface area contributed by atoms with E-state index in [9.17, 15) is 0 Å². The highest BCUT2D eigenvalue weighted by Gasteiger charge is 2.04. The number of hydrogen-bond donors (Lipinski definition) is 1. The monoisotopic (exact) mass is 312 g/mol. The smallest absolute Gasteiger partial charge is 0.119 e. The molecule has 0 aromatic heterocycles. The summed E-state index contributed by atoms with van der Waals surface area (Å²) in [6.07, 6.45) is 0. The molecule has 0 heterocycles.